The Bertz CT molecular complexity index is 407. The van der Waals surface area contributed by atoms with Crippen LogP contribution in [0.3, 0.4) is 0 Å². The third kappa shape index (κ3) is 2.99. The lowest BCUT2D eigenvalue weighted by Crippen LogP contribution is -2.27. The van der Waals surface area contributed by atoms with Gasteiger partial charge in [-0.25, -0.2) is 4.98 Å². The third-order valence-electron chi connectivity index (χ3n) is 2.35. The second-order valence-electron chi connectivity index (χ2n) is 3.77. The summed E-state index contributed by atoms with van der Waals surface area (Å²) in [5, 5.41) is 5.55. The van der Waals surface area contributed by atoms with E-state index in [1.165, 1.54) is 11.5 Å². The molecule has 0 fully saturated rings. The molecular formula is C11H17N3S2. The van der Waals surface area contributed by atoms with Crippen molar-refractivity contribution in [1.82, 2.24) is 14.7 Å². The number of hydrogen-bond donors (Lipinski definition) is 1. The topological polar surface area (TPSA) is 29.3 Å². The molecule has 1 unspecified atom stereocenters. The normalized spacial score (nSPS) is 13.4. The van der Waals surface area contributed by atoms with Gasteiger partial charge in [0, 0.05) is 36.1 Å². The number of imidazole rings is 1. The molecule has 0 bridgehead atoms. The Hall–Kier alpha value is -0.520. The average molecular weight is 255 g/mol. The van der Waals surface area contributed by atoms with Crippen molar-refractivity contribution >= 4 is 28.1 Å². The maximum atomic E-state index is 4.54. The molecule has 2 rings (SSSR count). The van der Waals surface area contributed by atoms with Crippen LogP contribution in [0.4, 0.5) is 0 Å². The molecule has 0 aromatic carbocycles. The van der Waals surface area contributed by atoms with Crippen molar-refractivity contribution in [3.05, 3.63) is 23.5 Å². The summed E-state index contributed by atoms with van der Waals surface area (Å²) < 4.78 is 2.08. The lowest BCUT2D eigenvalue weighted by atomic mass is 10.3. The van der Waals surface area contributed by atoms with E-state index < -0.39 is 0 Å². The molecule has 5 heteroatoms. The van der Waals surface area contributed by atoms with Crippen molar-refractivity contribution in [2.45, 2.75) is 26.4 Å². The first-order valence-electron chi connectivity index (χ1n) is 5.51. The Kier molecular flexibility index (Phi) is 4.26. The highest BCUT2D eigenvalue weighted by Crippen LogP contribution is 2.11. The van der Waals surface area contributed by atoms with Gasteiger partial charge >= 0.3 is 0 Å². The largest absolute Gasteiger partial charge is 0.308 e. The second-order valence-corrected chi connectivity index (χ2v) is 5.96. The van der Waals surface area contributed by atoms with E-state index in [9.17, 15) is 0 Å². The molecule has 88 valence electrons. The molecule has 2 heterocycles. The van der Waals surface area contributed by atoms with E-state index in [4.69, 9.17) is 0 Å². The maximum Gasteiger partial charge on any atom is 0.193 e. The van der Waals surface area contributed by atoms with Gasteiger partial charge in [0.15, 0.2) is 4.96 Å². The SMILES string of the molecule is CCSCC(C)NCc1cn2ccsc2n1. The summed E-state index contributed by atoms with van der Waals surface area (Å²) in [4.78, 5) is 5.61. The fourth-order valence-electron chi connectivity index (χ4n) is 1.49. The van der Waals surface area contributed by atoms with Crippen molar-refractivity contribution in [3.8, 4) is 0 Å². The minimum atomic E-state index is 0.546. The molecule has 0 aliphatic rings. The van der Waals surface area contributed by atoms with E-state index in [0.29, 0.717) is 6.04 Å². The van der Waals surface area contributed by atoms with Crippen molar-refractivity contribution in [3.63, 3.8) is 0 Å². The second kappa shape index (κ2) is 5.70. The Morgan fingerprint density at radius 2 is 2.50 bits per heavy atom. The van der Waals surface area contributed by atoms with E-state index in [0.717, 1.165) is 17.2 Å². The van der Waals surface area contributed by atoms with Crippen LogP contribution in [0.15, 0.2) is 17.8 Å². The third-order valence-corrected chi connectivity index (χ3v) is 4.26. The van der Waals surface area contributed by atoms with Gasteiger partial charge in [-0.1, -0.05) is 6.92 Å². The predicted molar refractivity (Wildman–Crippen MR) is 72.4 cm³/mol. The summed E-state index contributed by atoms with van der Waals surface area (Å²) in [6, 6.07) is 0.546. The van der Waals surface area contributed by atoms with Gasteiger partial charge < -0.3 is 5.32 Å². The van der Waals surface area contributed by atoms with E-state index in [1.54, 1.807) is 11.3 Å². The molecule has 0 aliphatic carbocycles. The summed E-state index contributed by atoms with van der Waals surface area (Å²) in [7, 11) is 0. The first-order valence-corrected chi connectivity index (χ1v) is 7.55. The molecule has 1 atom stereocenters. The molecule has 16 heavy (non-hydrogen) atoms. The molecular weight excluding hydrogens is 238 g/mol. The zero-order valence-corrected chi connectivity index (χ0v) is 11.3. The van der Waals surface area contributed by atoms with Crippen LogP contribution < -0.4 is 5.32 Å². The summed E-state index contributed by atoms with van der Waals surface area (Å²) in [5.74, 6) is 2.35. The Labute approximate surface area is 104 Å². The molecule has 0 saturated carbocycles. The van der Waals surface area contributed by atoms with Gasteiger partial charge in [-0.05, 0) is 12.7 Å². The minimum Gasteiger partial charge on any atom is -0.308 e. The quantitative estimate of drug-likeness (QED) is 0.860. The lowest BCUT2D eigenvalue weighted by molar-refractivity contribution is 0.590. The summed E-state index contributed by atoms with van der Waals surface area (Å²) in [6.45, 7) is 5.28. The van der Waals surface area contributed by atoms with Crippen molar-refractivity contribution in [1.29, 1.82) is 0 Å². The lowest BCUT2D eigenvalue weighted by Gasteiger charge is -2.11. The van der Waals surface area contributed by atoms with E-state index in [1.807, 2.05) is 18.0 Å². The number of nitrogens with zero attached hydrogens (tertiary/aromatic N) is 2. The molecule has 3 nitrogen and oxygen atoms in total. The van der Waals surface area contributed by atoms with Crippen LogP contribution in [0, 0.1) is 0 Å². The van der Waals surface area contributed by atoms with E-state index >= 15 is 0 Å². The predicted octanol–water partition coefficient (Wildman–Crippen LogP) is 2.63. The smallest absolute Gasteiger partial charge is 0.193 e. The molecule has 0 spiro atoms. The fourth-order valence-corrected chi connectivity index (χ4v) is 2.92. The number of hydrogen-bond acceptors (Lipinski definition) is 4. The highest BCUT2D eigenvalue weighted by atomic mass is 32.2. The van der Waals surface area contributed by atoms with Crippen LogP contribution in [0.1, 0.15) is 19.5 Å². The number of aromatic nitrogens is 2. The van der Waals surface area contributed by atoms with Crippen molar-refractivity contribution < 1.29 is 0 Å². The summed E-state index contributed by atoms with van der Waals surface area (Å²) in [5.41, 5.74) is 1.13. The van der Waals surface area contributed by atoms with Gasteiger partial charge in [-0.2, -0.15) is 11.8 Å². The molecule has 2 aromatic rings. The monoisotopic (exact) mass is 255 g/mol. The minimum absolute atomic E-state index is 0.546. The standard InChI is InChI=1S/C11H17N3S2/c1-3-15-8-9(2)12-6-10-7-14-4-5-16-11(14)13-10/h4-5,7,9,12H,3,6,8H2,1-2H3. The highest BCUT2D eigenvalue weighted by Gasteiger charge is 2.04. The van der Waals surface area contributed by atoms with Gasteiger partial charge in [0.2, 0.25) is 0 Å². The van der Waals surface area contributed by atoms with E-state index in [2.05, 4.69) is 40.1 Å². The first kappa shape index (κ1) is 12.0. The van der Waals surface area contributed by atoms with Crippen LogP contribution in [0.2, 0.25) is 0 Å². The molecule has 2 aromatic heterocycles. The van der Waals surface area contributed by atoms with Gasteiger partial charge in [0.1, 0.15) is 0 Å². The maximum absolute atomic E-state index is 4.54. The van der Waals surface area contributed by atoms with Crippen LogP contribution in [-0.4, -0.2) is 26.9 Å². The number of nitrogens with one attached hydrogen (secondary N) is 1. The van der Waals surface area contributed by atoms with Gasteiger partial charge in [0.25, 0.3) is 0 Å². The van der Waals surface area contributed by atoms with E-state index in [-0.39, 0.29) is 0 Å². The number of thiazole rings is 1. The number of thioether (sulfide) groups is 1. The fraction of sp³-hybridized carbons (Fsp3) is 0.545. The van der Waals surface area contributed by atoms with Gasteiger partial charge in [-0.15, -0.1) is 11.3 Å². The highest BCUT2D eigenvalue weighted by molar-refractivity contribution is 7.99. The Balaban J connectivity index is 1.83. The summed E-state index contributed by atoms with van der Waals surface area (Å²) >= 11 is 3.65. The average Bonchev–Trinajstić information content (AvgIpc) is 2.83. The van der Waals surface area contributed by atoms with Gasteiger partial charge in [-0.3, -0.25) is 4.40 Å². The number of rotatable bonds is 6. The van der Waals surface area contributed by atoms with Crippen LogP contribution in [0.5, 0.6) is 0 Å². The first-order chi connectivity index (χ1) is 7.79. The van der Waals surface area contributed by atoms with Crippen molar-refractivity contribution in [2.75, 3.05) is 11.5 Å². The zero-order valence-electron chi connectivity index (χ0n) is 9.64. The Morgan fingerprint density at radius 3 is 3.25 bits per heavy atom. The molecule has 0 saturated heterocycles. The molecule has 1 N–H and O–H groups in total. The number of fused-ring (bicyclic) bond motifs is 1. The van der Waals surface area contributed by atoms with Crippen LogP contribution in [-0.2, 0) is 6.54 Å². The summed E-state index contributed by atoms with van der Waals surface area (Å²) in [6.07, 6.45) is 4.14. The molecule has 0 radical (unpaired) electrons. The van der Waals surface area contributed by atoms with Crippen molar-refractivity contribution in [2.24, 2.45) is 0 Å². The van der Waals surface area contributed by atoms with Gasteiger partial charge in [0.05, 0.1) is 5.69 Å². The van der Waals surface area contributed by atoms with Crippen LogP contribution in [0.25, 0.3) is 4.96 Å². The van der Waals surface area contributed by atoms with Crippen LogP contribution >= 0.6 is 23.1 Å². The molecule has 0 aliphatic heterocycles. The Morgan fingerprint density at radius 1 is 1.62 bits per heavy atom. The zero-order chi connectivity index (χ0) is 11.4. The molecule has 0 amide bonds.